The van der Waals surface area contributed by atoms with E-state index in [1.54, 1.807) is 10.5 Å². The number of thiazole rings is 1. The Kier molecular flexibility index (Phi) is 8.92. The van der Waals surface area contributed by atoms with Gasteiger partial charge in [0.2, 0.25) is 0 Å². The number of piperazine rings is 1. The van der Waals surface area contributed by atoms with Gasteiger partial charge in [0.15, 0.2) is 9.34 Å². The van der Waals surface area contributed by atoms with Crippen molar-refractivity contribution in [2.45, 2.75) is 49.0 Å². The minimum atomic E-state index is -3.65. The highest BCUT2D eigenvalue weighted by Gasteiger charge is 2.34. The highest BCUT2D eigenvalue weighted by molar-refractivity contribution is 7.91. The predicted octanol–water partition coefficient (Wildman–Crippen LogP) is 4.03. The van der Waals surface area contributed by atoms with Gasteiger partial charge in [0.1, 0.15) is 5.82 Å². The molecule has 0 aliphatic carbocycles. The lowest BCUT2D eigenvalue weighted by Gasteiger charge is -2.37. The van der Waals surface area contributed by atoms with E-state index in [-0.39, 0.29) is 5.82 Å². The number of benzene rings is 2. The van der Waals surface area contributed by atoms with Crippen LogP contribution in [0.2, 0.25) is 0 Å². The Labute approximate surface area is 256 Å². The minimum Gasteiger partial charge on any atom is -0.400 e. The van der Waals surface area contributed by atoms with Crippen LogP contribution in [0.15, 0.2) is 65.4 Å². The van der Waals surface area contributed by atoms with Crippen LogP contribution >= 0.6 is 11.3 Å². The first-order valence-corrected chi connectivity index (χ1v) is 17.0. The highest BCUT2D eigenvalue weighted by Crippen LogP contribution is 2.35. The molecule has 2 aromatic carbocycles. The van der Waals surface area contributed by atoms with E-state index in [2.05, 4.69) is 30.4 Å². The van der Waals surface area contributed by atoms with E-state index in [1.807, 2.05) is 36.8 Å². The van der Waals surface area contributed by atoms with Gasteiger partial charge in [-0.25, -0.2) is 22.8 Å². The van der Waals surface area contributed by atoms with Crippen molar-refractivity contribution < 1.29 is 17.9 Å². The van der Waals surface area contributed by atoms with Gasteiger partial charge in [0.25, 0.3) is 10.0 Å². The lowest BCUT2D eigenvalue weighted by Crippen LogP contribution is -2.50. The molecule has 0 radical (unpaired) electrons. The zero-order chi connectivity index (χ0) is 30.0. The predicted molar refractivity (Wildman–Crippen MR) is 166 cm³/mol. The van der Waals surface area contributed by atoms with Crippen LogP contribution < -0.4 is 4.90 Å². The summed E-state index contributed by atoms with van der Waals surface area (Å²) in [6, 6.07) is 13.3. The first kappa shape index (κ1) is 29.9. The maximum Gasteiger partial charge on any atom is 0.254 e. The molecule has 228 valence electrons. The molecule has 4 aromatic rings. The number of imidazole rings is 1. The zero-order valence-electron chi connectivity index (χ0n) is 24.3. The van der Waals surface area contributed by atoms with Gasteiger partial charge in [0, 0.05) is 58.0 Å². The van der Waals surface area contributed by atoms with Crippen LogP contribution in [0.5, 0.6) is 0 Å². The first-order valence-electron chi connectivity index (χ1n) is 14.7. The number of halogens is 1. The number of hydrogen-bond acceptors (Lipinski definition) is 8. The van der Waals surface area contributed by atoms with Crippen molar-refractivity contribution in [3.8, 4) is 11.3 Å². The second-order valence-corrected chi connectivity index (χ2v) is 14.3. The maximum atomic E-state index is 13.7. The number of anilines is 1. The normalized spacial score (nSPS) is 19.0. The third-order valence-corrected chi connectivity index (χ3v) is 12.0. The van der Waals surface area contributed by atoms with E-state index in [0.29, 0.717) is 36.3 Å². The van der Waals surface area contributed by atoms with Crippen LogP contribution in [-0.2, 0) is 36.0 Å². The van der Waals surface area contributed by atoms with E-state index in [4.69, 9.17) is 5.11 Å². The van der Waals surface area contributed by atoms with Gasteiger partial charge in [-0.15, -0.1) is 0 Å². The van der Waals surface area contributed by atoms with Crippen LogP contribution in [-0.4, -0.2) is 83.1 Å². The van der Waals surface area contributed by atoms with Gasteiger partial charge in [-0.3, -0.25) is 4.90 Å². The molecular formula is C31H37FN6O3S2. The molecular weight excluding hydrogens is 588 g/mol. The monoisotopic (exact) mass is 624 g/mol. The molecule has 0 spiro atoms. The summed E-state index contributed by atoms with van der Waals surface area (Å²) in [5.74, 6) is -0.234. The Balaban J connectivity index is 0.00000161. The summed E-state index contributed by atoms with van der Waals surface area (Å²) in [7, 11) is -2.65. The number of sulfonamides is 1. The van der Waals surface area contributed by atoms with E-state index in [0.717, 1.165) is 60.7 Å². The SMILES string of the molecule is CO.O=S(=O)(c1cnc(N2CCN3CCCC3C2)s1)N1CCc2c(cccc2-c2cncn2CCc2ccc(F)cc2)C1. The average Bonchev–Trinajstić information content (AvgIpc) is 3.82. The largest absolute Gasteiger partial charge is 0.400 e. The molecule has 7 rings (SSSR count). The molecule has 5 heterocycles. The zero-order valence-corrected chi connectivity index (χ0v) is 25.9. The third kappa shape index (κ3) is 6.12. The second kappa shape index (κ2) is 12.8. The molecule has 0 saturated carbocycles. The average molecular weight is 625 g/mol. The number of aliphatic hydroxyl groups excluding tert-OH is 1. The summed E-state index contributed by atoms with van der Waals surface area (Å²) in [5, 5.41) is 7.81. The standard InChI is InChI=1S/C30H33FN6O2S2.CH4O/c31-24-8-6-22(7-9-24)10-13-36-21-32-17-28(36)27-5-1-3-23-19-37(14-11-26(23)27)41(38,39)29-18-33-30(40-29)35-16-15-34-12-2-4-25(34)20-35;1-2/h1,3,5-9,17-18,21,25H,2,4,10-16,19-20H2;2H,1H3. The third-order valence-electron chi connectivity index (χ3n) is 8.70. The molecule has 2 fully saturated rings. The van der Waals surface area contributed by atoms with Crippen molar-refractivity contribution in [2.24, 2.45) is 0 Å². The number of rotatable bonds is 7. The van der Waals surface area contributed by atoms with Gasteiger partial charge in [0.05, 0.1) is 24.4 Å². The number of aryl methyl sites for hydroxylation is 2. The molecule has 43 heavy (non-hydrogen) atoms. The molecule has 9 nitrogen and oxygen atoms in total. The highest BCUT2D eigenvalue weighted by atomic mass is 32.2. The van der Waals surface area contributed by atoms with Crippen molar-refractivity contribution in [1.82, 2.24) is 23.7 Å². The fourth-order valence-electron chi connectivity index (χ4n) is 6.46. The molecule has 0 amide bonds. The van der Waals surface area contributed by atoms with Crippen molar-refractivity contribution in [3.05, 3.63) is 83.7 Å². The Morgan fingerprint density at radius 2 is 1.88 bits per heavy atom. The summed E-state index contributed by atoms with van der Waals surface area (Å²) in [4.78, 5) is 13.8. The first-order chi connectivity index (χ1) is 21.0. The van der Waals surface area contributed by atoms with Crippen molar-refractivity contribution in [3.63, 3.8) is 0 Å². The number of fused-ring (bicyclic) bond motifs is 2. The van der Waals surface area contributed by atoms with Crippen LogP contribution in [0.1, 0.15) is 29.5 Å². The van der Waals surface area contributed by atoms with E-state index in [9.17, 15) is 12.8 Å². The van der Waals surface area contributed by atoms with Gasteiger partial charge in [-0.05, 0) is 61.1 Å². The maximum absolute atomic E-state index is 13.7. The Morgan fingerprint density at radius 1 is 1.05 bits per heavy atom. The molecule has 2 aromatic heterocycles. The molecule has 1 unspecified atom stereocenters. The lowest BCUT2D eigenvalue weighted by atomic mass is 9.94. The van der Waals surface area contributed by atoms with Crippen LogP contribution in [0.25, 0.3) is 11.3 Å². The smallest absolute Gasteiger partial charge is 0.254 e. The summed E-state index contributed by atoms with van der Waals surface area (Å²) < 4.78 is 44.8. The van der Waals surface area contributed by atoms with Crippen molar-refractivity contribution >= 4 is 26.5 Å². The second-order valence-electron chi connectivity index (χ2n) is 11.1. The molecule has 1 N–H and O–H groups in total. The summed E-state index contributed by atoms with van der Waals surface area (Å²) in [6.07, 6.45) is 9.08. The van der Waals surface area contributed by atoms with E-state index >= 15 is 0 Å². The summed E-state index contributed by atoms with van der Waals surface area (Å²) in [6.45, 7) is 5.48. The summed E-state index contributed by atoms with van der Waals surface area (Å²) >= 11 is 1.30. The fraction of sp³-hybridized carbons (Fsp3) is 0.419. The van der Waals surface area contributed by atoms with Crippen LogP contribution in [0, 0.1) is 5.82 Å². The van der Waals surface area contributed by atoms with Crippen molar-refractivity contribution in [2.75, 3.05) is 44.7 Å². The molecule has 2 saturated heterocycles. The Hall–Kier alpha value is -3.16. The molecule has 3 aliphatic rings. The number of nitrogens with zero attached hydrogens (tertiary/aromatic N) is 6. The number of hydrogen-bond donors (Lipinski definition) is 1. The Bertz CT molecular complexity index is 1660. The van der Waals surface area contributed by atoms with Gasteiger partial charge in [-0.2, -0.15) is 4.31 Å². The van der Waals surface area contributed by atoms with Gasteiger partial charge in [-0.1, -0.05) is 41.7 Å². The minimum absolute atomic E-state index is 0.234. The van der Waals surface area contributed by atoms with Gasteiger partial charge < -0.3 is 14.6 Å². The van der Waals surface area contributed by atoms with Crippen molar-refractivity contribution in [1.29, 1.82) is 0 Å². The van der Waals surface area contributed by atoms with Crippen LogP contribution in [0.4, 0.5) is 9.52 Å². The quantitative estimate of drug-likeness (QED) is 0.332. The van der Waals surface area contributed by atoms with Crippen LogP contribution in [0.3, 0.4) is 0 Å². The molecule has 0 bridgehead atoms. The summed E-state index contributed by atoms with van der Waals surface area (Å²) in [5.41, 5.74) is 5.35. The Morgan fingerprint density at radius 3 is 2.72 bits per heavy atom. The van der Waals surface area contributed by atoms with E-state index in [1.165, 1.54) is 48.4 Å². The molecule has 3 aliphatic heterocycles. The lowest BCUT2D eigenvalue weighted by molar-refractivity contribution is 0.231. The topological polar surface area (TPSA) is 94.8 Å². The van der Waals surface area contributed by atoms with E-state index < -0.39 is 10.0 Å². The van der Waals surface area contributed by atoms with Gasteiger partial charge >= 0.3 is 0 Å². The molecule has 1 atom stereocenters. The number of aromatic nitrogens is 3. The molecule has 12 heteroatoms. The fourth-order valence-corrected chi connectivity index (χ4v) is 9.19. The number of aliphatic hydroxyl groups is 1.